The second-order valence-electron chi connectivity index (χ2n) is 3.93. The van der Waals surface area contributed by atoms with Crippen LogP contribution in [-0.4, -0.2) is 24.0 Å². The molecule has 2 fully saturated rings. The van der Waals surface area contributed by atoms with Crippen LogP contribution in [0.1, 0.15) is 32.6 Å². The SMILES string of the molecule is CC1CCN1CC1CCC1. The third kappa shape index (κ3) is 1.07. The van der Waals surface area contributed by atoms with E-state index in [1.165, 1.54) is 38.8 Å². The Morgan fingerprint density at radius 2 is 2.10 bits per heavy atom. The molecule has 0 aromatic carbocycles. The molecule has 1 atom stereocenters. The van der Waals surface area contributed by atoms with E-state index >= 15 is 0 Å². The normalized spacial score (nSPS) is 35.1. The molecule has 1 saturated heterocycles. The van der Waals surface area contributed by atoms with Crippen LogP contribution in [0.15, 0.2) is 0 Å². The van der Waals surface area contributed by atoms with Crippen LogP contribution in [-0.2, 0) is 0 Å². The molecule has 1 heterocycles. The molecule has 0 spiro atoms. The van der Waals surface area contributed by atoms with Gasteiger partial charge in [0, 0.05) is 12.6 Å². The van der Waals surface area contributed by atoms with Gasteiger partial charge in [0.15, 0.2) is 0 Å². The second kappa shape index (κ2) is 2.54. The minimum absolute atomic E-state index is 0.903. The van der Waals surface area contributed by atoms with E-state index in [1.54, 1.807) is 0 Å². The van der Waals surface area contributed by atoms with Crippen molar-refractivity contribution in [2.45, 2.75) is 38.6 Å². The van der Waals surface area contributed by atoms with Gasteiger partial charge in [0.2, 0.25) is 0 Å². The molecule has 1 heteroatoms. The van der Waals surface area contributed by atoms with Gasteiger partial charge in [-0.3, -0.25) is 0 Å². The maximum atomic E-state index is 2.63. The van der Waals surface area contributed by atoms with Crippen molar-refractivity contribution in [1.82, 2.24) is 4.90 Å². The van der Waals surface area contributed by atoms with Crippen LogP contribution in [0.25, 0.3) is 0 Å². The highest BCUT2D eigenvalue weighted by molar-refractivity contribution is 4.83. The van der Waals surface area contributed by atoms with E-state index in [0.29, 0.717) is 0 Å². The van der Waals surface area contributed by atoms with Gasteiger partial charge in [-0.1, -0.05) is 6.42 Å². The average molecular weight is 139 g/mol. The molecule has 58 valence electrons. The summed E-state index contributed by atoms with van der Waals surface area (Å²) in [5.74, 6) is 1.07. The number of hydrogen-bond donors (Lipinski definition) is 0. The monoisotopic (exact) mass is 139 g/mol. The fourth-order valence-electron chi connectivity index (χ4n) is 1.85. The molecule has 10 heavy (non-hydrogen) atoms. The van der Waals surface area contributed by atoms with Crippen molar-refractivity contribution in [3.8, 4) is 0 Å². The Morgan fingerprint density at radius 3 is 2.40 bits per heavy atom. The first kappa shape index (κ1) is 6.66. The number of nitrogens with zero attached hydrogens (tertiary/aromatic N) is 1. The van der Waals surface area contributed by atoms with Crippen molar-refractivity contribution in [3.63, 3.8) is 0 Å². The highest BCUT2D eigenvalue weighted by Crippen LogP contribution is 2.29. The third-order valence-corrected chi connectivity index (χ3v) is 3.17. The van der Waals surface area contributed by atoms with Gasteiger partial charge in [-0.2, -0.15) is 0 Å². The lowest BCUT2D eigenvalue weighted by Crippen LogP contribution is -2.48. The van der Waals surface area contributed by atoms with Crippen molar-refractivity contribution < 1.29 is 0 Å². The van der Waals surface area contributed by atoms with Crippen LogP contribution in [0, 0.1) is 5.92 Å². The highest BCUT2D eigenvalue weighted by Gasteiger charge is 2.28. The lowest BCUT2D eigenvalue weighted by Gasteiger charge is -2.42. The van der Waals surface area contributed by atoms with Gasteiger partial charge in [0.25, 0.3) is 0 Å². The molecule has 1 nitrogen and oxygen atoms in total. The van der Waals surface area contributed by atoms with Gasteiger partial charge >= 0.3 is 0 Å². The molecule has 0 amide bonds. The Morgan fingerprint density at radius 1 is 1.30 bits per heavy atom. The average Bonchev–Trinajstić information content (AvgIpc) is 1.82. The van der Waals surface area contributed by atoms with Crippen LogP contribution < -0.4 is 0 Å². The molecular formula is C9H17N. The summed E-state index contributed by atoms with van der Waals surface area (Å²) in [6.45, 7) is 5.13. The summed E-state index contributed by atoms with van der Waals surface area (Å²) in [5.41, 5.74) is 0. The predicted molar refractivity (Wildman–Crippen MR) is 43.0 cm³/mol. The zero-order valence-corrected chi connectivity index (χ0v) is 6.84. The Balaban J connectivity index is 1.69. The van der Waals surface area contributed by atoms with Gasteiger partial charge < -0.3 is 4.90 Å². The standard InChI is InChI=1S/C9H17N/c1-8-5-6-10(8)7-9-3-2-4-9/h8-9H,2-7H2,1H3. The topological polar surface area (TPSA) is 3.24 Å². The van der Waals surface area contributed by atoms with Gasteiger partial charge in [-0.15, -0.1) is 0 Å². The van der Waals surface area contributed by atoms with Gasteiger partial charge in [-0.05, 0) is 38.6 Å². The van der Waals surface area contributed by atoms with E-state index in [-0.39, 0.29) is 0 Å². The molecule has 0 aromatic rings. The molecule has 0 bridgehead atoms. The van der Waals surface area contributed by atoms with E-state index in [0.717, 1.165) is 12.0 Å². The lowest BCUT2D eigenvalue weighted by molar-refractivity contribution is 0.0645. The molecule has 1 unspecified atom stereocenters. The van der Waals surface area contributed by atoms with Crippen LogP contribution in [0.5, 0.6) is 0 Å². The number of rotatable bonds is 2. The molecular weight excluding hydrogens is 122 g/mol. The summed E-state index contributed by atoms with van der Waals surface area (Å²) in [6.07, 6.45) is 5.94. The van der Waals surface area contributed by atoms with Crippen molar-refractivity contribution in [2.75, 3.05) is 13.1 Å². The highest BCUT2D eigenvalue weighted by atomic mass is 15.2. The van der Waals surface area contributed by atoms with Crippen LogP contribution in [0.4, 0.5) is 0 Å². The largest absolute Gasteiger partial charge is 0.300 e. The first-order valence-corrected chi connectivity index (χ1v) is 4.60. The van der Waals surface area contributed by atoms with E-state index in [9.17, 15) is 0 Å². The molecule has 0 aromatic heterocycles. The molecule has 2 rings (SSSR count). The number of hydrogen-bond acceptors (Lipinski definition) is 1. The van der Waals surface area contributed by atoms with E-state index in [4.69, 9.17) is 0 Å². The fourth-order valence-corrected chi connectivity index (χ4v) is 1.85. The number of likely N-dealkylation sites (tertiary alicyclic amines) is 1. The van der Waals surface area contributed by atoms with E-state index in [1.807, 2.05) is 0 Å². The Kier molecular flexibility index (Phi) is 1.69. The molecule has 1 aliphatic carbocycles. The maximum absolute atomic E-state index is 2.63. The quantitative estimate of drug-likeness (QED) is 0.564. The van der Waals surface area contributed by atoms with Crippen LogP contribution in [0.2, 0.25) is 0 Å². The first-order valence-electron chi connectivity index (χ1n) is 4.60. The summed E-state index contributed by atoms with van der Waals surface area (Å²) in [5, 5.41) is 0. The minimum atomic E-state index is 0.903. The van der Waals surface area contributed by atoms with Crippen molar-refractivity contribution in [1.29, 1.82) is 0 Å². The van der Waals surface area contributed by atoms with Gasteiger partial charge in [-0.25, -0.2) is 0 Å². The predicted octanol–water partition coefficient (Wildman–Crippen LogP) is 1.88. The molecule has 1 aliphatic heterocycles. The minimum Gasteiger partial charge on any atom is -0.300 e. The maximum Gasteiger partial charge on any atom is 0.00792 e. The van der Waals surface area contributed by atoms with Gasteiger partial charge in [0.1, 0.15) is 0 Å². The van der Waals surface area contributed by atoms with E-state index in [2.05, 4.69) is 11.8 Å². The van der Waals surface area contributed by atoms with Crippen molar-refractivity contribution in [3.05, 3.63) is 0 Å². The second-order valence-corrected chi connectivity index (χ2v) is 3.93. The third-order valence-electron chi connectivity index (χ3n) is 3.17. The summed E-state index contributed by atoms with van der Waals surface area (Å²) in [6, 6.07) is 0.903. The Bertz CT molecular complexity index is 118. The van der Waals surface area contributed by atoms with Crippen molar-refractivity contribution >= 4 is 0 Å². The summed E-state index contributed by atoms with van der Waals surface area (Å²) in [7, 11) is 0. The Labute approximate surface area is 63.4 Å². The zero-order valence-electron chi connectivity index (χ0n) is 6.84. The van der Waals surface area contributed by atoms with Gasteiger partial charge in [0.05, 0.1) is 0 Å². The lowest BCUT2D eigenvalue weighted by atomic mass is 9.84. The van der Waals surface area contributed by atoms with Crippen LogP contribution >= 0.6 is 0 Å². The van der Waals surface area contributed by atoms with Crippen molar-refractivity contribution in [2.24, 2.45) is 5.92 Å². The zero-order chi connectivity index (χ0) is 6.97. The molecule has 0 radical (unpaired) electrons. The smallest absolute Gasteiger partial charge is 0.00792 e. The summed E-state index contributed by atoms with van der Waals surface area (Å²) >= 11 is 0. The van der Waals surface area contributed by atoms with E-state index < -0.39 is 0 Å². The molecule has 1 saturated carbocycles. The first-order chi connectivity index (χ1) is 4.86. The molecule has 2 aliphatic rings. The summed E-state index contributed by atoms with van der Waals surface area (Å²) in [4.78, 5) is 2.63. The molecule has 0 N–H and O–H groups in total. The Hall–Kier alpha value is -0.0400. The van der Waals surface area contributed by atoms with Crippen LogP contribution in [0.3, 0.4) is 0 Å². The summed E-state index contributed by atoms with van der Waals surface area (Å²) < 4.78 is 0. The fraction of sp³-hybridized carbons (Fsp3) is 1.00.